The minimum Gasteiger partial charge on any atom is -0.358 e. The van der Waals surface area contributed by atoms with Crippen LogP contribution >= 0.6 is 0 Å². The molecule has 0 aliphatic heterocycles. The summed E-state index contributed by atoms with van der Waals surface area (Å²) in [7, 11) is 0. The molecule has 0 saturated carbocycles. The first kappa shape index (κ1) is 34.2. The predicted molar refractivity (Wildman–Crippen MR) is 200 cm³/mol. The molecule has 0 amide bonds. The third-order valence-corrected chi connectivity index (χ3v) is 8.96. The molecular weight excluding hydrogens is 787 g/mol. The molecule has 6 aromatic carbocycles. The molecule has 1 aliphatic rings. The summed E-state index contributed by atoms with van der Waals surface area (Å²) in [5, 5.41) is 4.43. The summed E-state index contributed by atoms with van der Waals surface area (Å²) in [4.78, 5) is 4.79. The van der Waals surface area contributed by atoms with Gasteiger partial charge in [0, 0.05) is 18.0 Å². The number of nitrogens with zero attached hydrogens (tertiary/aromatic N) is 3. The Bertz CT molecular complexity index is 2180. The smallest absolute Gasteiger partial charge is 0.358 e. The number of pyridine rings is 1. The monoisotopic (exact) mass is 821 g/mol. The summed E-state index contributed by atoms with van der Waals surface area (Å²) in [6, 6.07) is 65.2. The van der Waals surface area contributed by atoms with Gasteiger partial charge in [0.1, 0.15) is 0 Å². The van der Waals surface area contributed by atoms with E-state index in [1.165, 1.54) is 33.4 Å². The third kappa shape index (κ3) is 6.28. The number of hydrogen-bond acceptors (Lipinski definition) is 2. The molecule has 0 N–H and O–H groups in total. The summed E-state index contributed by atoms with van der Waals surface area (Å²) in [5.41, 5.74) is 12.5. The molecule has 0 unspecified atom stereocenters. The third-order valence-electron chi connectivity index (χ3n) is 8.96. The zero-order valence-corrected chi connectivity index (χ0v) is 30.0. The van der Waals surface area contributed by atoms with E-state index in [2.05, 4.69) is 139 Å². The zero-order chi connectivity index (χ0) is 32.2. The van der Waals surface area contributed by atoms with Crippen LogP contribution in [0.2, 0.25) is 0 Å². The molecule has 2 heterocycles. The van der Waals surface area contributed by atoms with Crippen LogP contribution < -0.4 is 0 Å². The van der Waals surface area contributed by atoms with Crippen LogP contribution in [0.3, 0.4) is 0 Å². The SMILES string of the molecule is [CH3-].[Ir+3].[c-]1ccccc1-n1cc(-c2ccc(-c3ccccc3)cc2)cn1.[c-]1ccccc1C1(c2ccccn2)c2ccccc2-c2ccccc21. The summed E-state index contributed by atoms with van der Waals surface area (Å²) >= 11 is 0. The van der Waals surface area contributed by atoms with Gasteiger partial charge in [-0.1, -0.05) is 109 Å². The van der Waals surface area contributed by atoms with E-state index >= 15 is 0 Å². The number of rotatable bonds is 5. The molecule has 0 radical (unpaired) electrons. The molecule has 0 atom stereocenters. The van der Waals surface area contributed by atoms with Gasteiger partial charge >= 0.3 is 20.1 Å². The predicted octanol–water partition coefficient (Wildman–Crippen LogP) is 10.7. The second kappa shape index (κ2) is 15.3. The number of hydrogen-bond donors (Lipinski definition) is 0. The average molecular weight is 821 g/mol. The van der Waals surface area contributed by atoms with Crippen molar-refractivity contribution >= 4 is 0 Å². The molecule has 0 bridgehead atoms. The number of fused-ring (bicyclic) bond motifs is 3. The van der Waals surface area contributed by atoms with Crippen molar-refractivity contribution in [1.29, 1.82) is 0 Å². The normalized spacial score (nSPS) is 11.8. The van der Waals surface area contributed by atoms with E-state index in [1.807, 2.05) is 71.8 Å². The summed E-state index contributed by atoms with van der Waals surface area (Å²) in [5.74, 6) is 0. The van der Waals surface area contributed by atoms with Crippen molar-refractivity contribution in [3.63, 3.8) is 0 Å². The van der Waals surface area contributed by atoms with E-state index < -0.39 is 5.41 Å². The van der Waals surface area contributed by atoms with Crippen LogP contribution in [0.15, 0.2) is 188 Å². The van der Waals surface area contributed by atoms with Crippen molar-refractivity contribution in [2.45, 2.75) is 5.41 Å². The van der Waals surface area contributed by atoms with Crippen LogP contribution in [0.25, 0.3) is 39.1 Å². The van der Waals surface area contributed by atoms with Gasteiger partial charge in [0.05, 0.1) is 17.3 Å². The first-order chi connectivity index (χ1) is 23.8. The molecule has 0 spiro atoms. The van der Waals surface area contributed by atoms with Crippen LogP contribution in [0, 0.1) is 19.6 Å². The Morgan fingerprint density at radius 2 is 1.06 bits per heavy atom. The van der Waals surface area contributed by atoms with Crippen molar-refractivity contribution in [3.8, 4) is 39.1 Å². The zero-order valence-electron chi connectivity index (χ0n) is 27.6. The fourth-order valence-electron chi connectivity index (χ4n) is 6.77. The molecule has 3 nitrogen and oxygen atoms in total. The molecule has 1 aliphatic carbocycles. The number of benzene rings is 6. The van der Waals surface area contributed by atoms with Crippen LogP contribution in [-0.2, 0) is 25.5 Å². The van der Waals surface area contributed by atoms with Crippen LogP contribution in [0.5, 0.6) is 0 Å². The Balaban J connectivity index is 0.000000167. The van der Waals surface area contributed by atoms with Crippen molar-refractivity contribution in [1.82, 2.24) is 14.8 Å². The van der Waals surface area contributed by atoms with Crippen molar-refractivity contribution in [2.24, 2.45) is 0 Å². The minimum absolute atomic E-state index is 0. The van der Waals surface area contributed by atoms with Gasteiger partial charge < -0.3 is 7.43 Å². The van der Waals surface area contributed by atoms with Gasteiger partial charge in [-0.05, 0) is 56.8 Å². The van der Waals surface area contributed by atoms with Crippen molar-refractivity contribution in [3.05, 3.63) is 230 Å². The van der Waals surface area contributed by atoms with Crippen LogP contribution in [-0.4, -0.2) is 14.8 Å². The van der Waals surface area contributed by atoms with E-state index in [9.17, 15) is 0 Å². The van der Waals surface area contributed by atoms with E-state index in [1.54, 1.807) is 0 Å². The Labute approximate surface area is 308 Å². The van der Waals surface area contributed by atoms with E-state index in [0.717, 1.165) is 28.1 Å². The Kier molecular flexibility index (Phi) is 10.4. The van der Waals surface area contributed by atoms with Crippen molar-refractivity contribution in [2.75, 3.05) is 0 Å². The molecule has 9 rings (SSSR count). The topological polar surface area (TPSA) is 30.7 Å². The standard InChI is InChI=1S/C24H16N.C21H15N2.CH3.Ir/c1-2-10-18(11-3-1)24(23-16-8-9-17-25-23)21-14-6-4-12-19(21)20-13-5-7-15-22(20)24;1-3-7-17(8-4-1)18-11-13-19(14-12-18)20-15-22-23(16-20)21-9-5-2-6-10-21;;/h1-10,12-17H;1-9,11-16H;1H3;/q3*-1;+3. The summed E-state index contributed by atoms with van der Waals surface area (Å²) in [6.45, 7) is 0. The fraction of sp³-hybridized carbons (Fsp3) is 0.0217. The summed E-state index contributed by atoms with van der Waals surface area (Å²) < 4.78 is 1.85. The average Bonchev–Trinajstić information content (AvgIpc) is 3.79. The fourth-order valence-corrected chi connectivity index (χ4v) is 6.77. The summed E-state index contributed by atoms with van der Waals surface area (Å²) in [6.07, 6.45) is 5.80. The molecule has 2 aromatic heterocycles. The van der Waals surface area contributed by atoms with Crippen molar-refractivity contribution < 1.29 is 20.1 Å². The van der Waals surface area contributed by atoms with Gasteiger partial charge in [-0.15, -0.1) is 11.6 Å². The first-order valence-electron chi connectivity index (χ1n) is 16.1. The van der Waals surface area contributed by atoms with Crippen LogP contribution in [0.4, 0.5) is 0 Å². The second-order valence-electron chi connectivity index (χ2n) is 11.7. The van der Waals surface area contributed by atoms with Gasteiger partial charge in [0.15, 0.2) is 0 Å². The van der Waals surface area contributed by atoms with Gasteiger partial charge in [-0.25, -0.2) is 0 Å². The van der Waals surface area contributed by atoms with E-state index in [-0.39, 0.29) is 27.5 Å². The molecule has 8 aromatic rings. The molecule has 0 saturated heterocycles. The van der Waals surface area contributed by atoms with Gasteiger partial charge in [0.25, 0.3) is 0 Å². The Morgan fingerprint density at radius 3 is 1.66 bits per heavy atom. The quantitative estimate of drug-likeness (QED) is 0.162. The largest absolute Gasteiger partial charge is 3.00 e. The van der Waals surface area contributed by atoms with Gasteiger partial charge in [-0.2, -0.15) is 59.7 Å². The molecular formula is C46H34IrN3. The van der Waals surface area contributed by atoms with E-state index in [4.69, 9.17) is 4.98 Å². The molecule has 242 valence electrons. The minimum atomic E-state index is -0.421. The molecule has 4 heteroatoms. The van der Waals surface area contributed by atoms with Gasteiger partial charge in [0.2, 0.25) is 0 Å². The maximum Gasteiger partial charge on any atom is 3.00 e. The Morgan fingerprint density at radius 1 is 0.500 bits per heavy atom. The van der Waals surface area contributed by atoms with Crippen LogP contribution in [0.1, 0.15) is 22.4 Å². The maximum atomic E-state index is 4.79. The molecule has 50 heavy (non-hydrogen) atoms. The van der Waals surface area contributed by atoms with Gasteiger partial charge in [-0.3, -0.25) is 9.67 Å². The number of para-hydroxylation sites is 1. The van der Waals surface area contributed by atoms with E-state index in [0.29, 0.717) is 0 Å². The maximum absolute atomic E-state index is 4.79. The molecule has 0 fully saturated rings. The second-order valence-corrected chi connectivity index (χ2v) is 11.7. The number of aromatic nitrogens is 3. The first-order valence-corrected chi connectivity index (χ1v) is 16.1. The Hall–Kier alpha value is -5.67.